The zero-order chi connectivity index (χ0) is 13.4. The summed E-state index contributed by atoms with van der Waals surface area (Å²) in [6.45, 7) is 0.679. The van der Waals surface area contributed by atoms with Gasteiger partial charge in [-0.05, 0) is 35.5 Å². The first kappa shape index (κ1) is 15.6. The summed E-state index contributed by atoms with van der Waals surface area (Å²) < 4.78 is 1.19. The molecule has 100 valence electrons. The van der Waals surface area contributed by atoms with Crippen LogP contribution in [0.4, 0.5) is 0 Å². The van der Waals surface area contributed by atoms with Crippen LogP contribution in [0.15, 0.2) is 18.2 Å². The van der Waals surface area contributed by atoms with Crippen molar-refractivity contribution in [3.63, 3.8) is 0 Å². The van der Waals surface area contributed by atoms with Crippen LogP contribution in [0.2, 0.25) is 5.02 Å². The number of rotatable bonds is 7. The van der Waals surface area contributed by atoms with Crippen LogP contribution in [0.5, 0.6) is 5.75 Å². The summed E-state index contributed by atoms with van der Waals surface area (Å²) in [4.78, 5) is 11.7. The van der Waals surface area contributed by atoms with Gasteiger partial charge in [0.25, 0.3) is 5.91 Å². The lowest BCUT2D eigenvalue weighted by atomic mass is 10.2. The highest BCUT2D eigenvalue weighted by Gasteiger charge is 2.07. The Kier molecular flexibility index (Phi) is 7.42. The number of carbonyl (C=O) groups is 1. The van der Waals surface area contributed by atoms with Gasteiger partial charge in [-0.15, -0.1) is 0 Å². The average molecular weight is 382 g/mol. The number of alkyl halides is 1. The first-order chi connectivity index (χ1) is 8.65. The molecule has 1 amide bonds. The fraction of sp³-hybridized carbons (Fsp3) is 0.462. The van der Waals surface area contributed by atoms with Crippen molar-refractivity contribution >= 4 is 40.1 Å². The highest BCUT2D eigenvalue weighted by Crippen LogP contribution is 2.23. The highest BCUT2D eigenvalue weighted by atomic mass is 127. The number of phenolic OH excluding ortho intramolecular Hbond substituents is 1. The van der Waals surface area contributed by atoms with Gasteiger partial charge in [-0.1, -0.05) is 47.0 Å². The smallest absolute Gasteiger partial charge is 0.251 e. The van der Waals surface area contributed by atoms with E-state index in [-0.39, 0.29) is 16.7 Å². The lowest BCUT2D eigenvalue weighted by molar-refractivity contribution is 0.0953. The van der Waals surface area contributed by atoms with Crippen LogP contribution >= 0.6 is 34.2 Å². The molecule has 1 aromatic carbocycles. The maximum absolute atomic E-state index is 11.7. The molecule has 0 atom stereocenters. The minimum Gasteiger partial charge on any atom is -0.506 e. The first-order valence-electron chi connectivity index (χ1n) is 5.98. The Bertz CT molecular complexity index is 399. The van der Waals surface area contributed by atoms with E-state index in [4.69, 9.17) is 11.6 Å². The molecule has 0 bridgehead atoms. The molecule has 0 radical (unpaired) electrons. The van der Waals surface area contributed by atoms with E-state index in [0.29, 0.717) is 12.1 Å². The molecule has 0 spiro atoms. The lowest BCUT2D eigenvalue weighted by Gasteiger charge is -2.06. The van der Waals surface area contributed by atoms with E-state index in [0.717, 1.165) is 12.8 Å². The van der Waals surface area contributed by atoms with Crippen LogP contribution < -0.4 is 5.32 Å². The van der Waals surface area contributed by atoms with Gasteiger partial charge in [0.15, 0.2) is 0 Å². The van der Waals surface area contributed by atoms with Crippen LogP contribution in [0.25, 0.3) is 0 Å². The molecule has 1 rings (SSSR count). The van der Waals surface area contributed by atoms with Crippen molar-refractivity contribution in [2.24, 2.45) is 0 Å². The summed E-state index contributed by atoms with van der Waals surface area (Å²) in [6, 6.07) is 4.46. The number of unbranched alkanes of at least 4 members (excludes halogenated alkanes) is 3. The molecule has 0 aliphatic rings. The molecule has 0 aliphatic carbocycles. The Labute approximate surface area is 126 Å². The predicted molar refractivity (Wildman–Crippen MR) is 82.8 cm³/mol. The van der Waals surface area contributed by atoms with Crippen LogP contribution in [-0.4, -0.2) is 22.0 Å². The molecule has 0 heterocycles. The second-order valence-corrected chi connectivity index (χ2v) is 5.51. The number of halogens is 2. The molecule has 18 heavy (non-hydrogen) atoms. The van der Waals surface area contributed by atoms with Crippen LogP contribution in [-0.2, 0) is 0 Å². The van der Waals surface area contributed by atoms with Crippen LogP contribution in [0.1, 0.15) is 36.0 Å². The van der Waals surface area contributed by atoms with Crippen molar-refractivity contribution in [3.05, 3.63) is 28.8 Å². The lowest BCUT2D eigenvalue weighted by Crippen LogP contribution is -2.24. The van der Waals surface area contributed by atoms with E-state index in [1.165, 1.54) is 29.4 Å². The number of nitrogens with one attached hydrogen (secondary N) is 1. The molecule has 5 heteroatoms. The quantitative estimate of drug-likeness (QED) is 0.429. The summed E-state index contributed by atoms with van der Waals surface area (Å²) in [5, 5.41) is 12.3. The standard InChI is InChI=1S/C13H17ClINO2/c14-11-9-10(5-6-12(11)17)13(18)16-8-4-2-1-3-7-15/h5-6,9,17H,1-4,7-8H2,(H,16,18). The van der Waals surface area contributed by atoms with Crippen molar-refractivity contribution in [1.82, 2.24) is 5.32 Å². The molecular formula is C13H17ClINO2. The van der Waals surface area contributed by atoms with Crippen molar-refractivity contribution in [3.8, 4) is 5.75 Å². The van der Waals surface area contributed by atoms with Crippen molar-refractivity contribution in [2.75, 3.05) is 11.0 Å². The normalized spacial score (nSPS) is 10.3. The molecule has 1 aromatic rings. The zero-order valence-corrected chi connectivity index (χ0v) is 13.0. The largest absolute Gasteiger partial charge is 0.506 e. The molecule has 0 aromatic heterocycles. The van der Waals surface area contributed by atoms with Crippen molar-refractivity contribution in [1.29, 1.82) is 0 Å². The maximum atomic E-state index is 11.7. The summed E-state index contributed by atoms with van der Waals surface area (Å²) in [6.07, 6.45) is 4.58. The topological polar surface area (TPSA) is 49.3 Å². The molecule has 0 aliphatic heterocycles. The van der Waals surface area contributed by atoms with Gasteiger partial charge in [0.2, 0.25) is 0 Å². The maximum Gasteiger partial charge on any atom is 0.251 e. The number of phenols is 1. The highest BCUT2D eigenvalue weighted by molar-refractivity contribution is 14.1. The van der Waals surface area contributed by atoms with Gasteiger partial charge in [-0.2, -0.15) is 0 Å². The minimum atomic E-state index is -0.147. The SMILES string of the molecule is O=C(NCCCCCCI)c1ccc(O)c(Cl)c1. The Morgan fingerprint density at radius 3 is 2.67 bits per heavy atom. The van der Waals surface area contributed by atoms with E-state index in [1.807, 2.05) is 0 Å². The minimum absolute atomic E-state index is 0.00739. The van der Waals surface area contributed by atoms with Gasteiger partial charge in [0.05, 0.1) is 5.02 Å². The number of benzene rings is 1. The van der Waals surface area contributed by atoms with Crippen molar-refractivity contribution < 1.29 is 9.90 Å². The number of hydrogen-bond acceptors (Lipinski definition) is 2. The summed E-state index contributed by atoms with van der Waals surface area (Å²) >= 11 is 8.12. The predicted octanol–water partition coefficient (Wildman–Crippen LogP) is 3.77. The Morgan fingerprint density at radius 1 is 1.28 bits per heavy atom. The molecular weight excluding hydrogens is 365 g/mol. The molecule has 0 saturated carbocycles. The monoisotopic (exact) mass is 381 g/mol. The molecule has 0 unspecified atom stereocenters. The van der Waals surface area contributed by atoms with Gasteiger partial charge in [-0.3, -0.25) is 4.79 Å². The van der Waals surface area contributed by atoms with Gasteiger partial charge >= 0.3 is 0 Å². The molecule has 2 N–H and O–H groups in total. The fourth-order valence-corrected chi connectivity index (χ4v) is 2.25. The summed E-state index contributed by atoms with van der Waals surface area (Å²) in [5.41, 5.74) is 0.477. The average Bonchev–Trinajstić information content (AvgIpc) is 2.36. The van der Waals surface area contributed by atoms with Crippen LogP contribution in [0, 0.1) is 0 Å². The number of aromatic hydroxyl groups is 1. The third-order valence-corrected chi connectivity index (χ3v) is 3.62. The number of carbonyl (C=O) groups excluding carboxylic acids is 1. The third-order valence-electron chi connectivity index (χ3n) is 2.56. The Morgan fingerprint density at radius 2 is 2.00 bits per heavy atom. The van der Waals surface area contributed by atoms with Gasteiger partial charge < -0.3 is 10.4 Å². The summed E-state index contributed by atoms with van der Waals surface area (Å²) in [7, 11) is 0. The summed E-state index contributed by atoms with van der Waals surface area (Å²) in [5.74, 6) is -0.155. The van der Waals surface area contributed by atoms with E-state index >= 15 is 0 Å². The third kappa shape index (κ3) is 5.44. The van der Waals surface area contributed by atoms with E-state index in [2.05, 4.69) is 27.9 Å². The second-order valence-electron chi connectivity index (χ2n) is 4.03. The van der Waals surface area contributed by atoms with Crippen LogP contribution in [0.3, 0.4) is 0 Å². The molecule has 3 nitrogen and oxygen atoms in total. The fourth-order valence-electron chi connectivity index (χ4n) is 1.53. The van der Waals surface area contributed by atoms with E-state index in [1.54, 1.807) is 6.07 Å². The number of hydrogen-bond donors (Lipinski definition) is 2. The second kappa shape index (κ2) is 8.58. The Balaban J connectivity index is 2.30. The van der Waals surface area contributed by atoms with Gasteiger partial charge in [0.1, 0.15) is 5.75 Å². The van der Waals surface area contributed by atoms with E-state index in [9.17, 15) is 9.90 Å². The Hall–Kier alpha value is -0.490. The van der Waals surface area contributed by atoms with Gasteiger partial charge in [0, 0.05) is 12.1 Å². The molecule has 0 saturated heterocycles. The van der Waals surface area contributed by atoms with Gasteiger partial charge in [-0.25, -0.2) is 0 Å². The first-order valence-corrected chi connectivity index (χ1v) is 7.88. The zero-order valence-electron chi connectivity index (χ0n) is 10.1. The number of amides is 1. The van der Waals surface area contributed by atoms with Crippen molar-refractivity contribution in [2.45, 2.75) is 25.7 Å². The van der Waals surface area contributed by atoms with E-state index < -0.39 is 0 Å². The molecule has 0 fully saturated rings.